The molecule has 2 unspecified atom stereocenters. The Morgan fingerprint density at radius 1 is 1.40 bits per heavy atom. The fraction of sp³-hybridized carbons (Fsp3) is 0.867. The van der Waals surface area contributed by atoms with E-state index in [-0.39, 0.29) is 29.2 Å². The molecule has 0 spiro atoms. The molecule has 1 aliphatic heterocycles. The van der Waals surface area contributed by atoms with Crippen molar-refractivity contribution in [3.8, 4) is 0 Å². The van der Waals surface area contributed by atoms with Crippen molar-refractivity contribution in [3.05, 3.63) is 0 Å². The van der Waals surface area contributed by atoms with E-state index in [4.69, 9.17) is 5.73 Å². The summed E-state index contributed by atoms with van der Waals surface area (Å²) in [4.78, 5) is 25.6. The van der Waals surface area contributed by atoms with Gasteiger partial charge in [0, 0.05) is 32.6 Å². The SMILES string of the molecule is CC(=O)NC1CCCN(C(=O)C(CN)CC(C)(C)C)C1. The van der Waals surface area contributed by atoms with Gasteiger partial charge in [-0.2, -0.15) is 0 Å². The Morgan fingerprint density at radius 3 is 2.55 bits per heavy atom. The number of nitrogens with two attached hydrogens (primary N) is 1. The summed E-state index contributed by atoms with van der Waals surface area (Å²) < 4.78 is 0. The van der Waals surface area contributed by atoms with Crippen LogP contribution in [-0.4, -0.2) is 42.4 Å². The Bertz CT molecular complexity index is 350. The fourth-order valence-corrected chi connectivity index (χ4v) is 2.85. The number of carbonyl (C=O) groups is 2. The second kappa shape index (κ2) is 7.07. The minimum absolute atomic E-state index is 0.0330. The third-order valence-electron chi connectivity index (χ3n) is 3.63. The summed E-state index contributed by atoms with van der Waals surface area (Å²) in [7, 11) is 0. The molecule has 5 heteroatoms. The molecule has 1 fully saturated rings. The molecular weight excluding hydrogens is 254 g/mol. The lowest BCUT2D eigenvalue weighted by molar-refractivity contribution is -0.138. The number of hydrogen-bond donors (Lipinski definition) is 2. The van der Waals surface area contributed by atoms with Gasteiger partial charge in [0.15, 0.2) is 0 Å². The number of nitrogens with zero attached hydrogens (tertiary/aromatic N) is 1. The first-order chi connectivity index (χ1) is 9.23. The summed E-state index contributed by atoms with van der Waals surface area (Å²) in [6, 6.07) is 0.0817. The molecule has 0 bridgehead atoms. The van der Waals surface area contributed by atoms with Crippen LogP contribution < -0.4 is 11.1 Å². The van der Waals surface area contributed by atoms with Crippen LogP contribution in [0.2, 0.25) is 0 Å². The molecule has 0 aromatic carbocycles. The second-order valence-corrected chi connectivity index (χ2v) is 7.02. The van der Waals surface area contributed by atoms with E-state index in [0.717, 1.165) is 25.8 Å². The molecule has 0 radical (unpaired) electrons. The first-order valence-corrected chi connectivity index (χ1v) is 7.49. The van der Waals surface area contributed by atoms with Gasteiger partial charge in [-0.05, 0) is 24.7 Å². The van der Waals surface area contributed by atoms with Crippen molar-refractivity contribution in [2.75, 3.05) is 19.6 Å². The predicted octanol–water partition coefficient (Wildman–Crippen LogP) is 1.12. The van der Waals surface area contributed by atoms with Crippen LogP contribution in [0.25, 0.3) is 0 Å². The van der Waals surface area contributed by atoms with Crippen LogP contribution in [-0.2, 0) is 9.59 Å². The summed E-state index contributed by atoms with van der Waals surface area (Å²) in [6.07, 6.45) is 2.67. The van der Waals surface area contributed by atoms with Gasteiger partial charge in [-0.15, -0.1) is 0 Å². The summed E-state index contributed by atoms with van der Waals surface area (Å²) in [5.74, 6) is -0.0158. The lowest BCUT2D eigenvalue weighted by Gasteiger charge is -2.36. The average molecular weight is 283 g/mol. The molecule has 3 N–H and O–H groups in total. The highest BCUT2D eigenvalue weighted by Crippen LogP contribution is 2.26. The zero-order valence-corrected chi connectivity index (χ0v) is 13.2. The molecule has 20 heavy (non-hydrogen) atoms. The van der Waals surface area contributed by atoms with Crippen molar-refractivity contribution in [3.63, 3.8) is 0 Å². The van der Waals surface area contributed by atoms with E-state index in [1.807, 2.05) is 4.90 Å². The molecule has 1 saturated heterocycles. The Balaban J connectivity index is 2.62. The Hall–Kier alpha value is -1.10. The maximum Gasteiger partial charge on any atom is 0.227 e. The lowest BCUT2D eigenvalue weighted by Crippen LogP contribution is -2.51. The van der Waals surface area contributed by atoms with Crippen LogP contribution in [0.1, 0.15) is 47.0 Å². The molecular formula is C15H29N3O2. The molecule has 5 nitrogen and oxygen atoms in total. The normalized spacial score (nSPS) is 21.4. The van der Waals surface area contributed by atoms with Crippen LogP contribution in [0.3, 0.4) is 0 Å². The molecule has 0 aromatic rings. The molecule has 0 aromatic heterocycles. The van der Waals surface area contributed by atoms with E-state index in [0.29, 0.717) is 13.1 Å². The minimum Gasteiger partial charge on any atom is -0.352 e. The molecule has 1 heterocycles. The molecule has 1 aliphatic rings. The zero-order valence-electron chi connectivity index (χ0n) is 13.2. The number of rotatable bonds is 4. The zero-order chi connectivity index (χ0) is 15.3. The van der Waals surface area contributed by atoms with Gasteiger partial charge in [-0.3, -0.25) is 9.59 Å². The number of hydrogen-bond acceptors (Lipinski definition) is 3. The van der Waals surface area contributed by atoms with Gasteiger partial charge < -0.3 is 16.0 Å². The topological polar surface area (TPSA) is 75.4 Å². The third kappa shape index (κ3) is 5.49. The van der Waals surface area contributed by atoms with Crippen molar-refractivity contribution in [1.29, 1.82) is 0 Å². The monoisotopic (exact) mass is 283 g/mol. The van der Waals surface area contributed by atoms with Crippen LogP contribution in [0.15, 0.2) is 0 Å². The number of piperidine rings is 1. The first kappa shape index (κ1) is 17.0. The highest BCUT2D eigenvalue weighted by atomic mass is 16.2. The van der Waals surface area contributed by atoms with Crippen LogP contribution in [0.5, 0.6) is 0 Å². The van der Waals surface area contributed by atoms with Gasteiger partial charge >= 0.3 is 0 Å². The van der Waals surface area contributed by atoms with Crippen LogP contribution >= 0.6 is 0 Å². The quantitative estimate of drug-likeness (QED) is 0.812. The van der Waals surface area contributed by atoms with Crippen molar-refractivity contribution < 1.29 is 9.59 Å². The Kier molecular flexibility index (Phi) is 5.99. The van der Waals surface area contributed by atoms with E-state index in [9.17, 15) is 9.59 Å². The Morgan fingerprint density at radius 2 is 2.05 bits per heavy atom. The highest BCUT2D eigenvalue weighted by Gasteiger charge is 2.30. The summed E-state index contributed by atoms with van der Waals surface area (Å²) in [5.41, 5.74) is 5.88. The van der Waals surface area contributed by atoms with E-state index in [2.05, 4.69) is 26.1 Å². The first-order valence-electron chi connectivity index (χ1n) is 7.49. The minimum atomic E-state index is -0.119. The van der Waals surface area contributed by atoms with E-state index >= 15 is 0 Å². The lowest BCUT2D eigenvalue weighted by atomic mass is 9.83. The number of amides is 2. The maximum atomic E-state index is 12.6. The number of likely N-dealkylation sites (tertiary alicyclic amines) is 1. The third-order valence-corrected chi connectivity index (χ3v) is 3.63. The molecule has 2 atom stereocenters. The average Bonchev–Trinajstić information content (AvgIpc) is 2.33. The van der Waals surface area contributed by atoms with Gasteiger partial charge in [0.2, 0.25) is 11.8 Å². The fourth-order valence-electron chi connectivity index (χ4n) is 2.85. The van der Waals surface area contributed by atoms with Gasteiger partial charge in [0.1, 0.15) is 0 Å². The van der Waals surface area contributed by atoms with Crippen LogP contribution in [0.4, 0.5) is 0 Å². The van der Waals surface area contributed by atoms with Crippen molar-refractivity contribution in [2.45, 2.75) is 53.0 Å². The largest absolute Gasteiger partial charge is 0.352 e. The van der Waals surface area contributed by atoms with Gasteiger partial charge in [-0.1, -0.05) is 20.8 Å². The second-order valence-electron chi connectivity index (χ2n) is 7.02. The molecule has 0 saturated carbocycles. The summed E-state index contributed by atoms with van der Waals surface area (Å²) >= 11 is 0. The van der Waals surface area contributed by atoms with Crippen molar-refractivity contribution in [1.82, 2.24) is 10.2 Å². The van der Waals surface area contributed by atoms with Gasteiger partial charge in [0.25, 0.3) is 0 Å². The summed E-state index contributed by atoms with van der Waals surface area (Å²) in [5, 5.41) is 2.91. The molecule has 0 aliphatic carbocycles. The highest BCUT2D eigenvalue weighted by molar-refractivity contribution is 5.79. The summed E-state index contributed by atoms with van der Waals surface area (Å²) in [6.45, 7) is 9.66. The maximum absolute atomic E-state index is 12.6. The standard InChI is InChI=1S/C15H29N3O2/c1-11(19)17-13-6-5-7-18(10-13)14(20)12(9-16)8-15(2,3)4/h12-13H,5-10,16H2,1-4H3,(H,17,19). The molecule has 116 valence electrons. The van der Waals surface area contributed by atoms with E-state index in [1.165, 1.54) is 6.92 Å². The molecule has 2 amide bonds. The van der Waals surface area contributed by atoms with E-state index < -0.39 is 0 Å². The van der Waals surface area contributed by atoms with Gasteiger partial charge in [-0.25, -0.2) is 0 Å². The predicted molar refractivity (Wildman–Crippen MR) is 80.0 cm³/mol. The van der Waals surface area contributed by atoms with E-state index in [1.54, 1.807) is 0 Å². The number of carbonyl (C=O) groups excluding carboxylic acids is 2. The van der Waals surface area contributed by atoms with Crippen molar-refractivity contribution in [2.24, 2.45) is 17.1 Å². The molecule has 1 rings (SSSR count). The Labute approximate surface area is 122 Å². The number of nitrogens with one attached hydrogen (secondary N) is 1. The van der Waals surface area contributed by atoms with Gasteiger partial charge in [0.05, 0.1) is 5.92 Å². The smallest absolute Gasteiger partial charge is 0.227 e. The van der Waals surface area contributed by atoms with Crippen molar-refractivity contribution >= 4 is 11.8 Å². The van der Waals surface area contributed by atoms with Crippen LogP contribution in [0, 0.1) is 11.3 Å².